The summed E-state index contributed by atoms with van der Waals surface area (Å²) in [6, 6.07) is 4.60. The predicted molar refractivity (Wildman–Crippen MR) is 97.4 cm³/mol. The molecule has 1 atom stereocenters. The van der Waals surface area contributed by atoms with Gasteiger partial charge in [-0.15, -0.1) is 0 Å². The topological polar surface area (TPSA) is 98.8 Å². The van der Waals surface area contributed by atoms with Crippen LogP contribution in [0, 0.1) is 5.82 Å². The maximum absolute atomic E-state index is 13.1. The quantitative estimate of drug-likeness (QED) is 0.529. The molecular formula is C19H23FN4O4. The van der Waals surface area contributed by atoms with Crippen LogP contribution in [0.1, 0.15) is 31.7 Å². The predicted octanol–water partition coefficient (Wildman–Crippen LogP) is 0.721. The van der Waals surface area contributed by atoms with Crippen molar-refractivity contribution in [2.45, 2.75) is 31.7 Å². The zero-order chi connectivity index (χ0) is 20.3. The molecule has 0 aromatic heterocycles. The summed E-state index contributed by atoms with van der Waals surface area (Å²) in [4.78, 5) is 51.2. The van der Waals surface area contributed by atoms with E-state index in [0.717, 1.165) is 17.9 Å². The third kappa shape index (κ3) is 3.97. The number of nitrogens with zero attached hydrogens (tertiary/aromatic N) is 2. The molecule has 0 bridgehead atoms. The lowest BCUT2D eigenvalue weighted by Gasteiger charge is -2.22. The van der Waals surface area contributed by atoms with Crippen LogP contribution in [0.3, 0.4) is 0 Å². The number of hydrogen-bond acceptors (Lipinski definition) is 4. The summed E-state index contributed by atoms with van der Waals surface area (Å²) in [6.07, 6.45) is 2.04. The summed E-state index contributed by atoms with van der Waals surface area (Å²) < 4.78 is 13.1. The number of imide groups is 1. The van der Waals surface area contributed by atoms with Crippen molar-refractivity contribution in [2.24, 2.45) is 0 Å². The fourth-order valence-corrected chi connectivity index (χ4v) is 3.46. The van der Waals surface area contributed by atoms with Crippen LogP contribution >= 0.6 is 0 Å². The largest absolute Gasteiger partial charge is 0.354 e. The summed E-state index contributed by atoms with van der Waals surface area (Å²) in [5, 5.41) is 5.23. The Balaban J connectivity index is 1.51. The number of carbonyl (C=O) groups is 4. The number of halogens is 1. The Morgan fingerprint density at radius 2 is 1.96 bits per heavy atom. The van der Waals surface area contributed by atoms with Gasteiger partial charge in [-0.05, 0) is 37.5 Å². The maximum atomic E-state index is 13.1. The Bertz CT molecular complexity index is 798. The van der Waals surface area contributed by atoms with Gasteiger partial charge in [-0.1, -0.05) is 12.1 Å². The highest BCUT2D eigenvalue weighted by Gasteiger charge is 2.49. The van der Waals surface area contributed by atoms with Crippen molar-refractivity contribution in [3.05, 3.63) is 35.6 Å². The molecule has 3 rings (SSSR count). The van der Waals surface area contributed by atoms with E-state index in [1.54, 1.807) is 4.90 Å². The summed E-state index contributed by atoms with van der Waals surface area (Å²) >= 11 is 0. The lowest BCUT2D eigenvalue weighted by Crippen LogP contribution is -2.43. The molecule has 2 aliphatic rings. The lowest BCUT2D eigenvalue weighted by molar-refractivity contribution is -0.134. The highest BCUT2D eigenvalue weighted by molar-refractivity contribution is 6.09. The van der Waals surface area contributed by atoms with Gasteiger partial charge in [-0.2, -0.15) is 0 Å². The van der Waals surface area contributed by atoms with Crippen LogP contribution < -0.4 is 10.6 Å². The number of rotatable bonds is 7. The van der Waals surface area contributed by atoms with Gasteiger partial charge < -0.3 is 15.5 Å². The van der Waals surface area contributed by atoms with Gasteiger partial charge in [0, 0.05) is 26.1 Å². The lowest BCUT2D eigenvalue weighted by atomic mass is 9.92. The summed E-state index contributed by atoms with van der Waals surface area (Å²) in [5.74, 6) is -1.34. The van der Waals surface area contributed by atoms with E-state index in [2.05, 4.69) is 10.6 Å². The molecule has 0 spiro atoms. The van der Waals surface area contributed by atoms with Gasteiger partial charge in [-0.3, -0.25) is 19.3 Å². The third-order valence-electron chi connectivity index (χ3n) is 5.10. The van der Waals surface area contributed by atoms with Gasteiger partial charge in [0.15, 0.2) is 0 Å². The molecule has 9 heteroatoms. The van der Waals surface area contributed by atoms with Gasteiger partial charge in [-0.25, -0.2) is 9.18 Å². The number of urea groups is 1. The van der Waals surface area contributed by atoms with Crippen LogP contribution in [0.2, 0.25) is 0 Å². The van der Waals surface area contributed by atoms with Crippen molar-refractivity contribution in [1.29, 1.82) is 0 Å². The standard InChI is InChI=1S/C19H23FN4O4/c1-19(13-5-7-14(20)8-6-13)17(27)24(18(28)22-19)12-15(25)21-9-3-11-23-10-2-4-16(23)26/h5-8H,2-4,9-12H2,1H3,(H,21,25)(H,22,28). The molecule has 1 aromatic carbocycles. The summed E-state index contributed by atoms with van der Waals surface area (Å²) in [6.45, 7) is 2.79. The fraction of sp³-hybridized carbons (Fsp3) is 0.474. The second kappa shape index (κ2) is 7.95. The van der Waals surface area contributed by atoms with Crippen LogP contribution in [0.25, 0.3) is 0 Å². The van der Waals surface area contributed by atoms with E-state index in [0.29, 0.717) is 31.5 Å². The van der Waals surface area contributed by atoms with Gasteiger partial charge in [0.25, 0.3) is 5.91 Å². The average molecular weight is 390 g/mol. The summed E-state index contributed by atoms with van der Waals surface area (Å²) in [5.41, 5.74) is -0.910. The molecule has 28 heavy (non-hydrogen) atoms. The Kier molecular flexibility index (Phi) is 5.62. The Hall–Kier alpha value is -2.97. The number of hydrogen-bond donors (Lipinski definition) is 2. The minimum atomic E-state index is -1.35. The van der Waals surface area contributed by atoms with E-state index < -0.39 is 35.7 Å². The highest BCUT2D eigenvalue weighted by atomic mass is 19.1. The van der Waals surface area contributed by atoms with Gasteiger partial charge in [0.2, 0.25) is 11.8 Å². The minimum absolute atomic E-state index is 0.130. The van der Waals surface area contributed by atoms with E-state index in [1.807, 2.05) is 0 Å². The molecular weight excluding hydrogens is 367 g/mol. The molecule has 2 heterocycles. The fourth-order valence-electron chi connectivity index (χ4n) is 3.46. The molecule has 0 radical (unpaired) electrons. The zero-order valence-electron chi connectivity index (χ0n) is 15.7. The number of amides is 5. The van der Waals surface area contributed by atoms with Crippen molar-refractivity contribution in [3.8, 4) is 0 Å². The number of benzene rings is 1. The molecule has 0 aliphatic carbocycles. The van der Waals surface area contributed by atoms with Gasteiger partial charge in [0.05, 0.1) is 0 Å². The van der Waals surface area contributed by atoms with Gasteiger partial charge >= 0.3 is 6.03 Å². The first-order chi connectivity index (χ1) is 13.3. The average Bonchev–Trinajstić information content (AvgIpc) is 3.16. The molecule has 0 saturated carbocycles. The van der Waals surface area contributed by atoms with E-state index >= 15 is 0 Å². The highest BCUT2D eigenvalue weighted by Crippen LogP contribution is 2.28. The second-order valence-electron chi connectivity index (χ2n) is 7.14. The van der Waals surface area contributed by atoms with Crippen LogP contribution in [0.15, 0.2) is 24.3 Å². The molecule has 1 aromatic rings. The van der Waals surface area contributed by atoms with E-state index in [9.17, 15) is 23.6 Å². The van der Waals surface area contributed by atoms with E-state index in [4.69, 9.17) is 0 Å². The maximum Gasteiger partial charge on any atom is 0.325 e. The van der Waals surface area contributed by atoms with Crippen LogP contribution in [0.4, 0.5) is 9.18 Å². The Labute approximate surface area is 162 Å². The molecule has 2 fully saturated rings. The van der Waals surface area contributed by atoms with Crippen molar-refractivity contribution < 1.29 is 23.6 Å². The Morgan fingerprint density at radius 3 is 2.61 bits per heavy atom. The first kappa shape index (κ1) is 19.8. The smallest absolute Gasteiger partial charge is 0.325 e. The Morgan fingerprint density at radius 1 is 1.25 bits per heavy atom. The number of nitrogens with one attached hydrogen (secondary N) is 2. The van der Waals surface area contributed by atoms with Gasteiger partial charge in [0.1, 0.15) is 17.9 Å². The normalized spacial score (nSPS) is 22.0. The van der Waals surface area contributed by atoms with E-state index in [-0.39, 0.29) is 5.91 Å². The zero-order valence-corrected chi connectivity index (χ0v) is 15.7. The first-order valence-corrected chi connectivity index (χ1v) is 9.26. The molecule has 2 aliphatic heterocycles. The SMILES string of the molecule is CC1(c2ccc(F)cc2)NC(=O)N(CC(=O)NCCCN2CCCC2=O)C1=O. The van der Waals surface area contributed by atoms with Crippen molar-refractivity contribution in [2.75, 3.05) is 26.2 Å². The number of likely N-dealkylation sites (tertiary alicyclic amines) is 1. The van der Waals surface area contributed by atoms with Crippen molar-refractivity contribution in [3.63, 3.8) is 0 Å². The molecule has 5 amide bonds. The van der Waals surface area contributed by atoms with Crippen LogP contribution in [-0.4, -0.2) is 59.7 Å². The number of carbonyl (C=O) groups excluding carboxylic acids is 4. The minimum Gasteiger partial charge on any atom is -0.354 e. The molecule has 1 unspecified atom stereocenters. The van der Waals surface area contributed by atoms with E-state index in [1.165, 1.54) is 31.2 Å². The molecule has 2 N–H and O–H groups in total. The van der Waals surface area contributed by atoms with Crippen molar-refractivity contribution in [1.82, 2.24) is 20.4 Å². The molecule has 2 saturated heterocycles. The third-order valence-corrected chi connectivity index (χ3v) is 5.10. The summed E-state index contributed by atoms with van der Waals surface area (Å²) in [7, 11) is 0. The first-order valence-electron chi connectivity index (χ1n) is 9.26. The van der Waals surface area contributed by atoms with Crippen LogP contribution in [0.5, 0.6) is 0 Å². The molecule has 8 nitrogen and oxygen atoms in total. The monoisotopic (exact) mass is 390 g/mol. The molecule has 150 valence electrons. The second-order valence-corrected chi connectivity index (χ2v) is 7.14. The van der Waals surface area contributed by atoms with Crippen molar-refractivity contribution >= 4 is 23.8 Å². The van der Waals surface area contributed by atoms with Crippen LogP contribution in [-0.2, 0) is 19.9 Å².